The molecule has 3 rings (SSSR count). The Morgan fingerprint density at radius 1 is 1.11 bits per heavy atom. The van der Waals surface area contributed by atoms with Crippen molar-refractivity contribution in [3.63, 3.8) is 0 Å². The van der Waals surface area contributed by atoms with E-state index in [1.165, 1.54) is 0 Å². The molecule has 0 radical (unpaired) electrons. The van der Waals surface area contributed by atoms with Crippen molar-refractivity contribution < 1.29 is 9.84 Å². The first kappa shape index (κ1) is 11.5. The van der Waals surface area contributed by atoms with Crippen LogP contribution in [0.3, 0.4) is 0 Å². The molecular weight excluding hydrogens is 292 g/mol. The summed E-state index contributed by atoms with van der Waals surface area (Å²) in [5, 5.41) is 9.81. The summed E-state index contributed by atoms with van der Waals surface area (Å²) in [5.41, 5.74) is 2.80. The molecule has 18 heavy (non-hydrogen) atoms. The highest BCUT2D eigenvalue weighted by atomic mass is 79.9. The highest BCUT2D eigenvalue weighted by molar-refractivity contribution is 9.10. The Bertz CT molecular complexity index is 619. The molecule has 1 aliphatic rings. The minimum Gasteiger partial charge on any atom is -0.460 e. The first-order valence-electron chi connectivity index (χ1n) is 5.65. The second-order valence-corrected chi connectivity index (χ2v) is 5.04. The van der Waals surface area contributed by atoms with Crippen molar-refractivity contribution >= 4 is 27.8 Å². The number of benzene rings is 2. The van der Waals surface area contributed by atoms with Crippen LogP contribution in [0.4, 0.5) is 0 Å². The van der Waals surface area contributed by atoms with Gasteiger partial charge in [-0.05, 0) is 23.8 Å². The molecular formula is C15H11BrO2. The van der Waals surface area contributed by atoms with E-state index >= 15 is 0 Å². The van der Waals surface area contributed by atoms with E-state index in [0.717, 1.165) is 21.2 Å². The van der Waals surface area contributed by atoms with Gasteiger partial charge in [-0.15, -0.1) is 0 Å². The van der Waals surface area contributed by atoms with E-state index in [1.807, 2.05) is 54.6 Å². The SMILES string of the molecule is OC1O/C(=C\c2cccc(Br)c2)c2ccccc21. The number of halogens is 1. The largest absolute Gasteiger partial charge is 0.460 e. The van der Waals surface area contributed by atoms with Gasteiger partial charge in [-0.2, -0.15) is 0 Å². The molecule has 0 fully saturated rings. The second-order valence-electron chi connectivity index (χ2n) is 4.12. The van der Waals surface area contributed by atoms with Gasteiger partial charge in [-0.25, -0.2) is 0 Å². The molecule has 2 aromatic rings. The maximum absolute atomic E-state index is 9.81. The standard InChI is InChI=1S/C15H11BrO2/c16-11-5-3-4-10(8-11)9-14-12-6-1-2-7-13(12)15(17)18-14/h1-9,15,17H/b14-9-. The van der Waals surface area contributed by atoms with Crippen LogP contribution in [0.25, 0.3) is 11.8 Å². The summed E-state index contributed by atoms with van der Waals surface area (Å²) >= 11 is 3.44. The van der Waals surface area contributed by atoms with E-state index in [2.05, 4.69) is 15.9 Å². The van der Waals surface area contributed by atoms with Gasteiger partial charge in [-0.3, -0.25) is 0 Å². The van der Waals surface area contributed by atoms with Crippen molar-refractivity contribution in [2.45, 2.75) is 6.29 Å². The van der Waals surface area contributed by atoms with Crippen molar-refractivity contribution in [2.24, 2.45) is 0 Å². The van der Waals surface area contributed by atoms with Crippen molar-refractivity contribution in [3.8, 4) is 0 Å². The Balaban J connectivity index is 2.04. The number of aliphatic hydroxyl groups is 1. The maximum Gasteiger partial charge on any atom is 0.225 e. The van der Waals surface area contributed by atoms with Crippen molar-refractivity contribution in [3.05, 3.63) is 69.7 Å². The van der Waals surface area contributed by atoms with Crippen LogP contribution in [0.2, 0.25) is 0 Å². The third kappa shape index (κ3) is 2.07. The zero-order valence-corrected chi connectivity index (χ0v) is 11.1. The molecule has 1 atom stereocenters. The van der Waals surface area contributed by atoms with Gasteiger partial charge in [-0.1, -0.05) is 52.3 Å². The molecule has 0 amide bonds. The average Bonchev–Trinajstić information content (AvgIpc) is 2.67. The highest BCUT2D eigenvalue weighted by Crippen LogP contribution is 2.37. The van der Waals surface area contributed by atoms with Gasteiger partial charge in [0.2, 0.25) is 6.29 Å². The summed E-state index contributed by atoms with van der Waals surface area (Å²) in [5.74, 6) is 0.705. The summed E-state index contributed by atoms with van der Waals surface area (Å²) in [6, 6.07) is 15.6. The zero-order valence-electron chi connectivity index (χ0n) is 9.51. The van der Waals surface area contributed by atoms with Crippen LogP contribution in [-0.2, 0) is 4.74 Å². The third-order valence-electron chi connectivity index (χ3n) is 2.88. The minimum absolute atomic E-state index is 0.705. The number of fused-ring (bicyclic) bond motifs is 1. The van der Waals surface area contributed by atoms with Crippen LogP contribution in [0.5, 0.6) is 0 Å². The van der Waals surface area contributed by atoms with Gasteiger partial charge in [0.1, 0.15) is 5.76 Å². The Kier molecular flexibility index (Phi) is 2.94. The predicted molar refractivity (Wildman–Crippen MR) is 74.5 cm³/mol. The molecule has 1 N–H and O–H groups in total. The summed E-state index contributed by atoms with van der Waals surface area (Å²) < 4.78 is 6.49. The number of rotatable bonds is 1. The molecule has 0 saturated heterocycles. The number of aliphatic hydroxyl groups excluding tert-OH is 1. The molecule has 90 valence electrons. The first-order valence-corrected chi connectivity index (χ1v) is 6.44. The lowest BCUT2D eigenvalue weighted by Gasteiger charge is -2.03. The minimum atomic E-state index is -0.861. The normalized spacial score (nSPS) is 19.7. The summed E-state index contributed by atoms with van der Waals surface area (Å²) in [7, 11) is 0. The lowest BCUT2D eigenvalue weighted by atomic mass is 10.1. The quantitative estimate of drug-likeness (QED) is 0.864. The molecule has 0 saturated carbocycles. The van der Waals surface area contributed by atoms with Crippen LogP contribution in [0.1, 0.15) is 23.0 Å². The Labute approximate surface area is 114 Å². The molecule has 2 nitrogen and oxygen atoms in total. The first-order chi connectivity index (χ1) is 8.74. The van der Waals surface area contributed by atoms with Crippen LogP contribution in [0.15, 0.2) is 53.0 Å². The van der Waals surface area contributed by atoms with E-state index in [4.69, 9.17) is 4.74 Å². The Morgan fingerprint density at radius 3 is 2.78 bits per heavy atom. The summed E-state index contributed by atoms with van der Waals surface area (Å²) in [6.45, 7) is 0. The van der Waals surface area contributed by atoms with Gasteiger partial charge in [0.05, 0.1) is 0 Å². The van der Waals surface area contributed by atoms with Gasteiger partial charge >= 0.3 is 0 Å². The molecule has 0 aromatic heterocycles. The summed E-state index contributed by atoms with van der Waals surface area (Å²) in [4.78, 5) is 0. The number of hydrogen-bond acceptors (Lipinski definition) is 2. The van der Waals surface area contributed by atoms with Crippen molar-refractivity contribution in [2.75, 3.05) is 0 Å². The molecule has 2 aromatic carbocycles. The fourth-order valence-electron chi connectivity index (χ4n) is 2.04. The van der Waals surface area contributed by atoms with Gasteiger partial charge in [0.15, 0.2) is 0 Å². The van der Waals surface area contributed by atoms with Gasteiger partial charge in [0, 0.05) is 15.6 Å². The lowest BCUT2D eigenvalue weighted by molar-refractivity contribution is -0.0289. The van der Waals surface area contributed by atoms with Gasteiger partial charge in [0.25, 0.3) is 0 Å². The monoisotopic (exact) mass is 302 g/mol. The van der Waals surface area contributed by atoms with E-state index in [9.17, 15) is 5.11 Å². The molecule has 1 heterocycles. The molecule has 1 unspecified atom stereocenters. The molecule has 0 spiro atoms. The second kappa shape index (κ2) is 4.59. The van der Waals surface area contributed by atoms with Crippen molar-refractivity contribution in [1.82, 2.24) is 0 Å². The number of ether oxygens (including phenoxy) is 1. The Morgan fingerprint density at radius 2 is 1.94 bits per heavy atom. The lowest BCUT2D eigenvalue weighted by Crippen LogP contribution is -1.91. The fourth-order valence-corrected chi connectivity index (χ4v) is 2.46. The van der Waals surface area contributed by atoms with Crippen molar-refractivity contribution in [1.29, 1.82) is 0 Å². The maximum atomic E-state index is 9.81. The summed E-state index contributed by atoms with van der Waals surface area (Å²) in [6.07, 6.45) is 1.07. The van der Waals surface area contributed by atoms with Gasteiger partial charge < -0.3 is 9.84 Å². The predicted octanol–water partition coefficient (Wildman–Crippen LogP) is 3.97. The zero-order chi connectivity index (χ0) is 12.5. The van der Waals surface area contributed by atoms with Crippen LogP contribution in [0, 0.1) is 0 Å². The van der Waals surface area contributed by atoms with E-state index in [1.54, 1.807) is 0 Å². The average molecular weight is 303 g/mol. The van der Waals surface area contributed by atoms with E-state index in [-0.39, 0.29) is 0 Å². The fraction of sp³-hybridized carbons (Fsp3) is 0.0667. The Hall–Kier alpha value is -1.58. The molecule has 0 aliphatic carbocycles. The molecule has 0 bridgehead atoms. The number of hydrogen-bond donors (Lipinski definition) is 1. The topological polar surface area (TPSA) is 29.5 Å². The smallest absolute Gasteiger partial charge is 0.225 e. The van der Waals surface area contributed by atoms with Crippen LogP contribution >= 0.6 is 15.9 Å². The van der Waals surface area contributed by atoms with Crippen LogP contribution < -0.4 is 0 Å². The van der Waals surface area contributed by atoms with Crippen LogP contribution in [-0.4, -0.2) is 5.11 Å². The van der Waals surface area contributed by atoms with E-state index in [0.29, 0.717) is 5.76 Å². The molecule has 3 heteroatoms. The highest BCUT2D eigenvalue weighted by Gasteiger charge is 2.25. The van der Waals surface area contributed by atoms with E-state index < -0.39 is 6.29 Å². The molecule has 1 aliphatic heterocycles. The third-order valence-corrected chi connectivity index (χ3v) is 3.37.